The van der Waals surface area contributed by atoms with Crippen molar-refractivity contribution in [1.29, 1.82) is 0 Å². The minimum Gasteiger partial charge on any atom is -0.478 e. The van der Waals surface area contributed by atoms with Crippen LogP contribution in [0.1, 0.15) is 32.0 Å². The number of carboxylic acid groups (broad SMARTS) is 2. The van der Waals surface area contributed by atoms with Crippen molar-refractivity contribution >= 4 is 11.9 Å². The summed E-state index contributed by atoms with van der Waals surface area (Å²) < 4.78 is 0. The molecule has 0 saturated carbocycles. The third kappa shape index (κ3) is 1.56. The molecule has 0 spiro atoms. The van der Waals surface area contributed by atoms with Crippen LogP contribution in [0.25, 0.3) is 0 Å². The summed E-state index contributed by atoms with van der Waals surface area (Å²) in [7, 11) is 0. The number of hydrogen-bond donors (Lipinski definition) is 2. The fraction of sp³-hybridized carbons (Fsp3) is 0.222. The van der Waals surface area contributed by atoms with E-state index in [2.05, 4.69) is 4.98 Å². The van der Waals surface area contributed by atoms with Gasteiger partial charge in [-0.25, -0.2) is 14.6 Å². The van der Waals surface area contributed by atoms with Gasteiger partial charge >= 0.3 is 11.9 Å². The van der Waals surface area contributed by atoms with Crippen LogP contribution in [0.15, 0.2) is 6.20 Å². The first-order chi connectivity index (χ1) is 6.45. The summed E-state index contributed by atoms with van der Waals surface area (Å²) >= 11 is 0. The molecule has 1 aromatic heterocycles. The maximum Gasteiger partial charge on any atom is 0.355 e. The van der Waals surface area contributed by atoms with E-state index >= 15 is 0 Å². The summed E-state index contributed by atoms with van der Waals surface area (Å²) in [6, 6.07) is 0. The number of carboxylic acids is 2. The Balaban J connectivity index is 3.53. The smallest absolute Gasteiger partial charge is 0.355 e. The van der Waals surface area contributed by atoms with Crippen molar-refractivity contribution in [3.63, 3.8) is 0 Å². The van der Waals surface area contributed by atoms with Crippen molar-refractivity contribution in [2.75, 3.05) is 0 Å². The second kappa shape index (κ2) is 3.45. The first-order valence-electron chi connectivity index (χ1n) is 3.88. The van der Waals surface area contributed by atoms with E-state index < -0.39 is 17.6 Å². The van der Waals surface area contributed by atoms with Crippen molar-refractivity contribution in [2.24, 2.45) is 0 Å². The number of aromatic carboxylic acids is 2. The van der Waals surface area contributed by atoms with Crippen molar-refractivity contribution < 1.29 is 19.8 Å². The molecule has 14 heavy (non-hydrogen) atoms. The van der Waals surface area contributed by atoms with Crippen molar-refractivity contribution in [1.82, 2.24) is 4.98 Å². The zero-order valence-electron chi connectivity index (χ0n) is 7.74. The van der Waals surface area contributed by atoms with Crippen LogP contribution in [0.5, 0.6) is 0 Å². The molecule has 0 fully saturated rings. The van der Waals surface area contributed by atoms with Crippen molar-refractivity contribution in [3.05, 3.63) is 28.6 Å². The topological polar surface area (TPSA) is 87.5 Å². The number of carbonyl (C=O) groups is 2. The Hall–Kier alpha value is -1.91. The lowest BCUT2D eigenvalue weighted by Gasteiger charge is -2.06. The summed E-state index contributed by atoms with van der Waals surface area (Å²) in [5, 5.41) is 17.5. The number of aromatic nitrogens is 1. The average Bonchev–Trinajstić information content (AvgIpc) is 2.08. The number of pyridine rings is 1. The molecule has 2 N–H and O–H groups in total. The highest BCUT2D eigenvalue weighted by Crippen LogP contribution is 2.15. The van der Waals surface area contributed by atoms with Crippen LogP contribution in [-0.4, -0.2) is 27.1 Å². The van der Waals surface area contributed by atoms with Gasteiger partial charge in [-0.3, -0.25) is 0 Å². The third-order valence-corrected chi connectivity index (χ3v) is 2.01. The molecule has 0 unspecified atom stereocenters. The van der Waals surface area contributed by atoms with Crippen LogP contribution in [0.2, 0.25) is 0 Å². The lowest BCUT2D eigenvalue weighted by Crippen LogP contribution is -2.13. The average molecular weight is 195 g/mol. The van der Waals surface area contributed by atoms with Gasteiger partial charge in [0.05, 0.1) is 5.56 Å². The van der Waals surface area contributed by atoms with Gasteiger partial charge in [-0.2, -0.15) is 0 Å². The normalized spacial score (nSPS) is 9.86. The van der Waals surface area contributed by atoms with Crippen LogP contribution in [0.3, 0.4) is 0 Å². The second-order valence-electron chi connectivity index (χ2n) is 2.90. The van der Waals surface area contributed by atoms with E-state index in [4.69, 9.17) is 10.2 Å². The van der Waals surface area contributed by atoms with Gasteiger partial charge in [-0.15, -0.1) is 0 Å². The molecule has 1 rings (SSSR count). The highest BCUT2D eigenvalue weighted by molar-refractivity contribution is 6.01. The van der Waals surface area contributed by atoms with Gasteiger partial charge < -0.3 is 10.2 Å². The maximum absolute atomic E-state index is 10.8. The minimum atomic E-state index is -1.33. The lowest BCUT2D eigenvalue weighted by molar-refractivity contribution is 0.0645. The summed E-state index contributed by atoms with van der Waals surface area (Å²) in [6.45, 7) is 3.24. The predicted molar refractivity (Wildman–Crippen MR) is 47.6 cm³/mol. The molecule has 0 aromatic carbocycles. The highest BCUT2D eigenvalue weighted by atomic mass is 16.4. The third-order valence-electron chi connectivity index (χ3n) is 2.01. The van der Waals surface area contributed by atoms with E-state index in [0.717, 1.165) is 0 Å². The molecule has 1 aromatic rings. The zero-order chi connectivity index (χ0) is 10.9. The largest absolute Gasteiger partial charge is 0.478 e. The Morgan fingerprint density at radius 1 is 1.21 bits per heavy atom. The molecule has 74 valence electrons. The standard InChI is InChI=1S/C9H9NO4/c1-4-3-10-7(9(13)14)6(5(4)2)8(11)12/h3H,1-2H3,(H,11,12)(H,13,14). The van der Waals surface area contributed by atoms with Crippen LogP contribution < -0.4 is 0 Å². The van der Waals surface area contributed by atoms with Crippen LogP contribution in [0, 0.1) is 13.8 Å². The molecule has 1 heterocycles. The van der Waals surface area contributed by atoms with E-state index in [-0.39, 0.29) is 5.56 Å². The van der Waals surface area contributed by atoms with Gasteiger partial charge in [0.15, 0.2) is 5.69 Å². The molecule has 0 aliphatic heterocycles. The van der Waals surface area contributed by atoms with Crippen molar-refractivity contribution in [2.45, 2.75) is 13.8 Å². The van der Waals surface area contributed by atoms with Crippen LogP contribution in [0.4, 0.5) is 0 Å². The van der Waals surface area contributed by atoms with Gasteiger partial charge in [0.2, 0.25) is 0 Å². The lowest BCUT2D eigenvalue weighted by atomic mass is 10.0. The second-order valence-corrected chi connectivity index (χ2v) is 2.90. The molecule has 0 radical (unpaired) electrons. The molecule has 0 amide bonds. The monoisotopic (exact) mass is 195 g/mol. The molecule has 5 nitrogen and oxygen atoms in total. The first-order valence-corrected chi connectivity index (χ1v) is 3.88. The highest BCUT2D eigenvalue weighted by Gasteiger charge is 2.20. The summed E-state index contributed by atoms with van der Waals surface area (Å²) in [5.74, 6) is -2.60. The van der Waals surface area contributed by atoms with Gasteiger partial charge in [-0.1, -0.05) is 0 Å². The molecule has 0 aliphatic rings. The van der Waals surface area contributed by atoms with Gasteiger partial charge in [0.1, 0.15) is 0 Å². The molecule has 0 atom stereocenters. The predicted octanol–water partition coefficient (Wildman–Crippen LogP) is 1.09. The Bertz CT molecular complexity index is 412. The molecule has 0 saturated heterocycles. The summed E-state index contributed by atoms with van der Waals surface area (Å²) in [4.78, 5) is 25.0. The Labute approximate surface area is 80.0 Å². The van der Waals surface area contributed by atoms with Crippen LogP contribution in [-0.2, 0) is 0 Å². The Morgan fingerprint density at radius 3 is 2.21 bits per heavy atom. The van der Waals surface area contributed by atoms with E-state index in [1.165, 1.54) is 6.20 Å². The molecule has 0 aliphatic carbocycles. The van der Waals surface area contributed by atoms with Crippen molar-refractivity contribution in [3.8, 4) is 0 Å². The molecule has 0 bridgehead atoms. The zero-order valence-corrected chi connectivity index (χ0v) is 7.74. The van der Waals surface area contributed by atoms with Gasteiger partial charge in [0, 0.05) is 6.20 Å². The fourth-order valence-electron chi connectivity index (χ4n) is 1.12. The Morgan fingerprint density at radius 2 is 1.79 bits per heavy atom. The maximum atomic E-state index is 10.8. The number of hydrogen-bond acceptors (Lipinski definition) is 3. The first kappa shape index (κ1) is 10.2. The molecule has 5 heteroatoms. The van der Waals surface area contributed by atoms with E-state index in [1.807, 2.05) is 0 Å². The van der Waals surface area contributed by atoms with Gasteiger partial charge in [0.25, 0.3) is 0 Å². The minimum absolute atomic E-state index is 0.238. The SMILES string of the molecule is Cc1cnc(C(=O)O)c(C(=O)O)c1C. The molecular weight excluding hydrogens is 186 g/mol. The van der Waals surface area contributed by atoms with E-state index in [0.29, 0.717) is 11.1 Å². The summed E-state index contributed by atoms with van der Waals surface area (Å²) in [5.41, 5.74) is 0.440. The quantitative estimate of drug-likeness (QED) is 0.737. The van der Waals surface area contributed by atoms with E-state index in [1.54, 1.807) is 13.8 Å². The number of aryl methyl sites for hydroxylation is 1. The molecular formula is C9H9NO4. The number of rotatable bonds is 2. The summed E-state index contributed by atoms with van der Waals surface area (Å²) in [6.07, 6.45) is 1.35. The Kier molecular flexibility index (Phi) is 2.51. The van der Waals surface area contributed by atoms with Crippen LogP contribution >= 0.6 is 0 Å². The van der Waals surface area contributed by atoms with Gasteiger partial charge in [-0.05, 0) is 25.0 Å². The number of nitrogens with zero attached hydrogens (tertiary/aromatic N) is 1. The van der Waals surface area contributed by atoms with E-state index in [9.17, 15) is 9.59 Å². The fourth-order valence-corrected chi connectivity index (χ4v) is 1.12.